The van der Waals surface area contributed by atoms with Crippen LogP contribution in [0.1, 0.15) is 40.0 Å². The maximum Gasteiger partial charge on any atom is -0.00149 e. The van der Waals surface area contributed by atoms with Gasteiger partial charge in [-0.05, 0) is 55.5 Å². The molecule has 0 aromatic heterocycles. The maximum atomic E-state index is 3.58. The fraction of sp³-hybridized carbons (Fsp3) is 1.00. The van der Waals surface area contributed by atoms with Crippen molar-refractivity contribution in [2.24, 2.45) is 23.2 Å². The predicted octanol–water partition coefficient (Wildman–Crippen LogP) is 2.67. The topological polar surface area (TPSA) is 12.0 Å². The van der Waals surface area contributed by atoms with Crippen LogP contribution in [-0.2, 0) is 0 Å². The summed E-state index contributed by atoms with van der Waals surface area (Å²) in [5.41, 5.74) is 0.754. The van der Waals surface area contributed by atoms with Gasteiger partial charge in [0.05, 0.1) is 0 Å². The number of hydrogen-bond donors (Lipinski definition) is 1. The van der Waals surface area contributed by atoms with Gasteiger partial charge in [-0.1, -0.05) is 20.8 Å². The van der Waals surface area contributed by atoms with Crippen molar-refractivity contribution in [1.29, 1.82) is 0 Å². The van der Waals surface area contributed by atoms with Crippen LogP contribution in [0, 0.1) is 23.2 Å². The zero-order valence-corrected chi connectivity index (χ0v) is 9.27. The summed E-state index contributed by atoms with van der Waals surface area (Å²) in [4.78, 5) is 0. The summed E-state index contributed by atoms with van der Waals surface area (Å²) in [5.74, 6) is 2.89. The van der Waals surface area contributed by atoms with Crippen molar-refractivity contribution in [3.05, 3.63) is 0 Å². The van der Waals surface area contributed by atoms with E-state index in [0.29, 0.717) is 0 Å². The Hall–Kier alpha value is -0.0400. The molecule has 2 saturated carbocycles. The Labute approximate surface area is 82.3 Å². The van der Waals surface area contributed by atoms with E-state index in [2.05, 4.69) is 26.1 Å². The predicted molar refractivity (Wildman–Crippen MR) is 56.6 cm³/mol. The Bertz CT molecular complexity index is 184. The minimum absolute atomic E-state index is 0.754. The van der Waals surface area contributed by atoms with Crippen LogP contribution in [0.2, 0.25) is 0 Å². The van der Waals surface area contributed by atoms with Gasteiger partial charge in [-0.2, -0.15) is 0 Å². The molecule has 1 heteroatoms. The Morgan fingerprint density at radius 1 is 1.38 bits per heavy atom. The van der Waals surface area contributed by atoms with Gasteiger partial charge in [-0.15, -0.1) is 0 Å². The van der Waals surface area contributed by atoms with E-state index in [-0.39, 0.29) is 0 Å². The molecule has 0 amide bonds. The van der Waals surface area contributed by atoms with Gasteiger partial charge < -0.3 is 5.32 Å². The summed E-state index contributed by atoms with van der Waals surface area (Å²) < 4.78 is 0. The van der Waals surface area contributed by atoms with Crippen LogP contribution in [0.3, 0.4) is 0 Å². The van der Waals surface area contributed by atoms with Gasteiger partial charge in [0.15, 0.2) is 0 Å². The lowest BCUT2D eigenvalue weighted by molar-refractivity contribution is 0.415. The van der Waals surface area contributed by atoms with Crippen molar-refractivity contribution in [2.75, 3.05) is 13.1 Å². The van der Waals surface area contributed by atoms with E-state index in [1.54, 1.807) is 0 Å². The molecule has 2 fully saturated rings. The van der Waals surface area contributed by atoms with Gasteiger partial charge in [-0.3, -0.25) is 0 Å². The van der Waals surface area contributed by atoms with Crippen LogP contribution in [0.25, 0.3) is 0 Å². The van der Waals surface area contributed by atoms with Gasteiger partial charge in [-0.25, -0.2) is 0 Å². The maximum absolute atomic E-state index is 3.58. The van der Waals surface area contributed by atoms with Crippen LogP contribution in [-0.4, -0.2) is 13.1 Å². The van der Waals surface area contributed by atoms with Crippen LogP contribution in [0.5, 0.6) is 0 Å². The summed E-state index contributed by atoms with van der Waals surface area (Å²) in [5, 5.41) is 3.58. The molecule has 0 aliphatic heterocycles. The van der Waals surface area contributed by atoms with E-state index in [1.165, 1.54) is 32.4 Å². The van der Waals surface area contributed by atoms with Crippen molar-refractivity contribution < 1.29 is 0 Å². The van der Waals surface area contributed by atoms with Crippen LogP contribution in [0.15, 0.2) is 0 Å². The molecule has 13 heavy (non-hydrogen) atoms. The fourth-order valence-electron chi connectivity index (χ4n) is 2.57. The van der Waals surface area contributed by atoms with Gasteiger partial charge in [0.2, 0.25) is 0 Å². The molecule has 2 aliphatic carbocycles. The fourth-order valence-corrected chi connectivity index (χ4v) is 2.57. The lowest BCUT2D eigenvalue weighted by Gasteiger charge is -2.11. The Morgan fingerprint density at radius 3 is 2.62 bits per heavy atom. The summed E-state index contributed by atoms with van der Waals surface area (Å²) >= 11 is 0. The third-order valence-electron chi connectivity index (χ3n) is 3.91. The van der Waals surface area contributed by atoms with E-state index in [4.69, 9.17) is 0 Å². The normalized spacial score (nSPS) is 38.3. The minimum atomic E-state index is 0.754. The van der Waals surface area contributed by atoms with Gasteiger partial charge >= 0.3 is 0 Å². The molecule has 2 aliphatic rings. The van der Waals surface area contributed by atoms with Crippen molar-refractivity contribution in [3.8, 4) is 0 Å². The number of nitrogens with one attached hydrogen (secondary N) is 1. The van der Waals surface area contributed by atoms with Crippen LogP contribution in [0.4, 0.5) is 0 Å². The first-order chi connectivity index (χ1) is 6.13. The molecular formula is C12H23N. The zero-order chi connectivity index (χ0) is 9.47. The molecule has 1 N–H and O–H groups in total. The van der Waals surface area contributed by atoms with Crippen LogP contribution >= 0.6 is 0 Å². The zero-order valence-electron chi connectivity index (χ0n) is 9.27. The molecule has 2 rings (SSSR count). The van der Waals surface area contributed by atoms with Crippen molar-refractivity contribution in [1.82, 2.24) is 5.32 Å². The molecule has 0 radical (unpaired) electrons. The molecule has 2 unspecified atom stereocenters. The second-order valence-corrected chi connectivity index (χ2v) is 5.73. The average Bonchev–Trinajstić information content (AvgIpc) is 2.84. The third-order valence-corrected chi connectivity index (χ3v) is 3.91. The molecule has 0 saturated heterocycles. The Balaban J connectivity index is 1.63. The summed E-state index contributed by atoms with van der Waals surface area (Å²) in [6.45, 7) is 9.51. The monoisotopic (exact) mass is 181 g/mol. The first-order valence-corrected chi connectivity index (χ1v) is 5.83. The van der Waals surface area contributed by atoms with E-state index >= 15 is 0 Å². The molecule has 0 aromatic rings. The van der Waals surface area contributed by atoms with Crippen molar-refractivity contribution in [3.63, 3.8) is 0 Å². The van der Waals surface area contributed by atoms with Crippen molar-refractivity contribution in [2.45, 2.75) is 40.0 Å². The highest BCUT2D eigenvalue weighted by molar-refractivity contribution is 5.07. The lowest BCUT2D eigenvalue weighted by Crippen LogP contribution is -2.23. The SMILES string of the molecule is CC(C)CNCC1CC1(C)C1CC1. The standard InChI is InChI=1S/C12H23N/c1-9(2)7-13-8-11-6-12(11,3)10-4-5-10/h9-11,13H,4-8H2,1-3H3. The van der Waals surface area contributed by atoms with E-state index in [9.17, 15) is 0 Å². The number of hydrogen-bond acceptors (Lipinski definition) is 1. The second-order valence-electron chi connectivity index (χ2n) is 5.73. The smallest absolute Gasteiger partial charge is 0.00149 e. The Kier molecular flexibility index (Phi) is 2.39. The second kappa shape index (κ2) is 3.27. The van der Waals surface area contributed by atoms with Gasteiger partial charge in [0.1, 0.15) is 0 Å². The molecule has 1 nitrogen and oxygen atoms in total. The van der Waals surface area contributed by atoms with E-state index in [0.717, 1.165) is 23.2 Å². The first kappa shape index (κ1) is 9.51. The molecular weight excluding hydrogens is 158 g/mol. The molecule has 0 heterocycles. The van der Waals surface area contributed by atoms with Crippen LogP contribution < -0.4 is 5.32 Å². The highest BCUT2D eigenvalue weighted by Crippen LogP contribution is 2.64. The molecule has 0 spiro atoms. The Morgan fingerprint density at radius 2 is 2.08 bits per heavy atom. The molecule has 0 aromatic carbocycles. The summed E-state index contributed by atoms with van der Waals surface area (Å²) in [6.07, 6.45) is 4.51. The van der Waals surface area contributed by atoms with E-state index in [1.807, 2.05) is 0 Å². The molecule has 2 atom stereocenters. The summed E-state index contributed by atoms with van der Waals surface area (Å²) in [7, 11) is 0. The minimum Gasteiger partial charge on any atom is -0.316 e. The molecule has 0 bridgehead atoms. The largest absolute Gasteiger partial charge is 0.316 e. The van der Waals surface area contributed by atoms with Gasteiger partial charge in [0.25, 0.3) is 0 Å². The third kappa shape index (κ3) is 2.07. The lowest BCUT2D eigenvalue weighted by atomic mass is 10.0. The molecule has 76 valence electrons. The average molecular weight is 181 g/mol. The van der Waals surface area contributed by atoms with E-state index < -0.39 is 0 Å². The van der Waals surface area contributed by atoms with Gasteiger partial charge in [0, 0.05) is 0 Å². The van der Waals surface area contributed by atoms with Crippen molar-refractivity contribution >= 4 is 0 Å². The quantitative estimate of drug-likeness (QED) is 0.687. The number of rotatable bonds is 5. The highest BCUT2D eigenvalue weighted by atomic mass is 14.9. The summed E-state index contributed by atoms with van der Waals surface area (Å²) in [6, 6.07) is 0. The first-order valence-electron chi connectivity index (χ1n) is 5.83. The highest BCUT2D eigenvalue weighted by Gasteiger charge is 2.57.